The van der Waals surface area contributed by atoms with E-state index in [0.717, 1.165) is 15.6 Å². The van der Waals surface area contributed by atoms with Gasteiger partial charge in [-0.15, -0.1) is 11.3 Å². The minimum Gasteiger partial charge on any atom is -0.308 e. The molecule has 0 radical (unpaired) electrons. The van der Waals surface area contributed by atoms with Gasteiger partial charge in [-0.3, -0.25) is 0 Å². The van der Waals surface area contributed by atoms with E-state index in [2.05, 4.69) is 11.9 Å². The number of halogens is 2. The Bertz CT molecular complexity index is 533. The molecule has 1 aromatic carbocycles. The van der Waals surface area contributed by atoms with Crippen LogP contribution in [0.3, 0.4) is 0 Å². The minimum atomic E-state index is -2.45. The summed E-state index contributed by atoms with van der Waals surface area (Å²) in [6.45, 7) is 3.77. The van der Waals surface area contributed by atoms with Crippen molar-refractivity contribution in [2.45, 2.75) is 12.5 Å². The first-order valence-electron chi connectivity index (χ1n) is 5.25. The zero-order chi connectivity index (χ0) is 12.4. The number of rotatable bonds is 4. The molecule has 0 fully saturated rings. The summed E-state index contributed by atoms with van der Waals surface area (Å²) in [6, 6.07) is 6.70. The van der Waals surface area contributed by atoms with Gasteiger partial charge in [0, 0.05) is 4.70 Å². The van der Waals surface area contributed by atoms with Crippen LogP contribution in [0.15, 0.2) is 36.2 Å². The number of benzene rings is 1. The van der Waals surface area contributed by atoms with E-state index < -0.39 is 12.5 Å². The molecule has 0 saturated carbocycles. The Morgan fingerprint density at radius 2 is 2.12 bits per heavy atom. The molecule has 0 saturated heterocycles. The first-order chi connectivity index (χ1) is 8.13. The van der Waals surface area contributed by atoms with Crippen molar-refractivity contribution in [3.63, 3.8) is 0 Å². The maximum absolute atomic E-state index is 12.8. The van der Waals surface area contributed by atoms with Crippen LogP contribution in [0.5, 0.6) is 0 Å². The summed E-state index contributed by atoms with van der Waals surface area (Å²) in [5, 5.41) is 5.71. The monoisotopic (exact) mass is 253 g/mol. The van der Waals surface area contributed by atoms with Crippen LogP contribution in [-0.2, 0) is 0 Å². The van der Waals surface area contributed by atoms with Gasteiger partial charge >= 0.3 is 0 Å². The normalized spacial score (nSPS) is 13.2. The van der Waals surface area contributed by atoms with E-state index in [1.54, 1.807) is 11.3 Å². The van der Waals surface area contributed by atoms with Crippen molar-refractivity contribution in [3.05, 3.63) is 41.8 Å². The molecule has 0 amide bonds. The second-order valence-electron chi connectivity index (χ2n) is 3.80. The predicted molar refractivity (Wildman–Crippen MR) is 69.7 cm³/mol. The van der Waals surface area contributed by atoms with Gasteiger partial charge in [0.1, 0.15) is 0 Å². The molecular formula is C13H13F2NS. The standard InChI is InChI=1S/C13H13F2NS/c1-8(12(16-2)13(14)15)10-4-3-9-5-6-17-11(9)7-10/h3-7,12-13,16H,1H2,2H3. The van der Waals surface area contributed by atoms with Crippen LogP contribution in [-0.4, -0.2) is 19.5 Å². The fourth-order valence-corrected chi connectivity index (χ4v) is 2.61. The highest BCUT2D eigenvalue weighted by Gasteiger charge is 2.22. The van der Waals surface area contributed by atoms with Gasteiger partial charge in [0.2, 0.25) is 0 Å². The average molecular weight is 253 g/mol. The Kier molecular flexibility index (Phi) is 3.54. The van der Waals surface area contributed by atoms with E-state index in [0.29, 0.717) is 5.57 Å². The van der Waals surface area contributed by atoms with Crippen molar-refractivity contribution in [1.29, 1.82) is 0 Å². The molecule has 2 aromatic rings. The van der Waals surface area contributed by atoms with Crippen LogP contribution in [0.1, 0.15) is 5.56 Å². The summed E-state index contributed by atoms with van der Waals surface area (Å²) < 4.78 is 26.6. The van der Waals surface area contributed by atoms with Crippen molar-refractivity contribution in [2.75, 3.05) is 7.05 Å². The molecule has 0 aliphatic rings. The number of hydrogen-bond donors (Lipinski definition) is 1. The Hall–Kier alpha value is -1.26. The largest absolute Gasteiger partial charge is 0.308 e. The van der Waals surface area contributed by atoms with E-state index in [9.17, 15) is 8.78 Å². The van der Waals surface area contributed by atoms with E-state index in [-0.39, 0.29) is 0 Å². The third kappa shape index (κ3) is 2.37. The zero-order valence-electron chi connectivity index (χ0n) is 9.41. The first kappa shape index (κ1) is 12.2. The fourth-order valence-electron chi connectivity index (χ4n) is 1.79. The van der Waals surface area contributed by atoms with Crippen LogP contribution >= 0.6 is 11.3 Å². The van der Waals surface area contributed by atoms with Gasteiger partial charge in [-0.05, 0) is 41.1 Å². The summed E-state index contributed by atoms with van der Waals surface area (Å²) in [6.07, 6.45) is -2.45. The minimum absolute atomic E-state index is 0.429. The molecule has 0 bridgehead atoms. The molecule has 0 aliphatic carbocycles. The lowest BCUT2D eigenvalue weighted by molar-refractivity contribution is 0.125. The highest BCUT2D eigenvalue weighted by atomic mass is 32.1. The van der Waals surface area contributed by atoms with Crippen molar-refractivity contribution in [1.82, 2.24) is 5.32 Å². The number of fused-ring (bicyclic) bond motifs is 1. The van der Waals surface area contributed by atoms with Crippen molar-refractivity contribution >= 4 is 27.0 Å². The Balaban J connectivity index is 2.35. The summed E-state index contributed by atoms with van der Waals surface area (Å²) in [5.74, 6) is 0. The predicted octanol–water partition coefficient (Wildman–Crippen LogP) is 3.77. The lowest BCUT2D eigenvalue weighted by Gasteiger charge is -2.18. The van der Waals surface area contributed by atoms with Crippen LogP contribution in [0.2, 0.25) is 0 Å². The number of thiophene rings is 1. The SMILES string of the molecule is C=C(c1ccc2ccsc2c1)C(NC)C(F)F. The van der Waals surface area contributed by atoms with Crippen molar-refractivity contribution in [2.24, 2.45) is 0 Å². The molecular weight excluding hydrogens is 240 g/mol. The quantitative estimate of drug-likeness (QED) is 0.874. The van der Waals surface area contributed by atoms with E-state index in [1.165, 1.54) is 7.05 Å². The topological polar surface area (TPSA) is 12.0 Å². The summed E-state index contributed by atoms with van der Waals surface area (Å²) in [5.41, 5.74) is 1.19. The van der Waals surface area contributed by atoms with Crippen LogP contribution in [0.4, 0.5) is 8.78 Å². The fraction of sp³-hybridized carbons (Fsp3) is 0.231. The highest BCUT2D eigenvalue weighted by Crippen LogP contribution is 2.27. The lowest BCUT2D eigenvalue weighted by atomic mass is 10.00. The molecule has 17 heavy (non-hydrogen) atoms. The van der Waals surface area contributed by atoms with Gasteiger partial charge in [-0.1, -0.05) is 18.7 Å². The molecule has 1 unspecified atom stereocenters. The van der Waals surface area contributed by atoms with Crippen molar-refractivity contribution in [3.8, 4) is 0 Å². The van der Waals surface area contributed by atoms with Crippen LogP contribution < -0.4 is 5.32 Å². The second kappa shape index (κ2) is 4.94. The van der Waals surface area contributed by atoms with Gasteiger partial charge in [-0.25, -0.2) is 8.78 Å². The molecule has 0 spiro atoms. The highest BCUT2D eigenvalue weighted by molar-refractivity contribution is 7.17. The molecule has 1 nitrogen and oxygen atoms in total. The number of hydrogen-bond acceptors (Lipinski definition) is 2. The molecule has 0 aliphatic heterocycles. The van der Waals surface area contributed by atoms with Gasteiger partial charge in [0.05, 0.1) is 6.04 Å². The van der Waals surface area contributed by atoms with E-state index in [1.807, 2.05) is 29.6 Å². The molecule has 4 heteroatoms. The molecule has 1 N–H and O–H groups in total. The maximum atomic E-state index is 12.8. The molecule has 1 aromatic heterocycles. The molecule has 1 atom stereocenters. The van der Waals surface area contributed by atoms with Crippen molar-refractivity contribution < 1.29 is 8.78 Å². The summed E-state index contributed by atoms with van der Waals surface area (Å²) >= 11 is 1.60. The Morgan fingerprint density at radius 3 is 2.76 bits per heavy atom. The third-order valence-electron chi connectivity index (χ3n) is 2.77. The smallest absolute Gasteiger partial charge is 0.257 e. The second-order valence-corrected chi connectivity index (χ2v) is 4.75. The lowest BCUT2D eigenvalue weighted by Crippen LogP contribution is -2.33. The van der Waals surface area contributed by atoms with Gasteiger partial charge in [0.15, 0.2) is 0 Å². The maximum Gasteiger partial charge on any atom is 0.257 e. The van der Waals surface area contributed by atoms with Gasteiger partial charge in [0.25, 0.3) is 6.43 Å². The van der Waals surface area contributed by atoms with Gasteiger partial charge < -0.3 is 5.32 Å². The zero-order valence-corrected chi connectivity index (χ0v) is 10.2. The molecule has 1 heterocycles. The third-order valence-corrected chi connectivity index (χ3v) is 3.65. The van der Waals surface area contributed by atoms with Crippen LogP contribution in [0.25, 0.3) is 15.7 Å². The first-order valence-corrected chi connectivity index (χ1v) is 6.13. The molecule has 90 valence electrons. The Labute approximate surface area is 103 Å². The number of alkyl halides is 2. The Morgan fingerprint density at radius 1 is 1.35 bits per heavy atom. The number of nitrogens with one attached hydrogen (secondary N) is 1. The number of likely N-dealkylation sites (N-methyl/N-ethyl adjacent to an activating group) is 1. The average Bonchev–Trinajstić information content (AvgIpc) is 2.75. The summed E-state index contributed by atoms with van der Waals surface area (Å²) in [4.78, 5) is 0. The van der Waals surface area contributed by atoms with E-state index in [4.69, 9.17) is 0 Å². The van der Waals surface area contributed by atoms with Gasteiger partial charge in [-0.2, -0.15) is 0 Å². The summed E-state index contributed by atoms with van der Waals surface area (Å²) in [7, 11) is 1.52. The molecule has 2 rings (SSSR count). The van der Waals surface area contributed by atoms with Crippen LogP contribution in [0, 0.1) is 0 Å². The van der Waals surface area contributed by atoms with E-state index >= 15 is 0 Å².